The Morgan fingerprint density at radius 1 is 1.10 bits per heavy atom. The average Bonchev–Trinajstić information content (AvgIpc) is 3.02. The van der Waals surface area contributed by atoms with Crippen LogP contribution in [0.3, 0.4) is 0 Å². The number of nitro groups is 1. The number of nitrogens with zero attached hydrogens (tertiary/aromatic N) is 2. The summed E-state index contributed by atoms with van der Waals surface area (Å²) in [5.41, 5.74) is 2.98. The van der Waals surface area contributed by atoms with Gasteiger partial charge in [-0.1, -0.05) is 40.9 Å². The summed E-state index contributed by atoms with van der Waals surface area (Å²) in [6.07, 6.45) is 0. The highest BCUT2D eigenvalue weighted by atomic mass is 35.5. The standard InChI is InChI=1S/C15H12Cl2N2O2/c1-10-2-6-12(7-3-10)18-14(15(18,16)17)11-4-8-13(9-5-11)19(20)21/h2-9,14H,1H3. The largest absolute Gasteiger partial charge is 0.326 e. The van der Waals surface area contributed by atoms with Crippen LogP contribution in [0.15, 0.2) is 48.5 Å². The van der Waals surface area contributed by atoms with Gasteiger partial charge in [-0.05, 0) is 36.8 Å². The van der Waals surface area contributed by atoms with Crippen LogP contribution in [-0.2, 0) is 0 Å². The molecule has 1 atom stereocenters. The predicted octanol–water partition coefficient (Wildman–Crippen LogP) is 4.60. The topological polar surface area (TPSA) is 46.1 Å². The molecule has 21 heavy (non-hydrogen) atoms. The van der Waals surface area contributed by atoms with Crippen LogP contribution in [0.25, 0.3) is 0 Å². The molecule has 1 heterocycles. The number of aryl methyl sites for hydroxylation is 1. The van der Waals surface area contributed by atoms with Gasteiger partial charge in [0, 0.05) is 17.8 Å². The molecule has 1 fully saturated rings. The van der Waals surface area contributed by atoms with E-state index >= 15 is 0 Å². The number of anilines is 1. The molecule has 2 aromatic carbocycles. The molecular weight excluding hydrogens is 311 g/mol. The summed E-state index contributed by atoms with van der Waals surface area (Å²) in [5, 5.41) is 10.7. The maximum Gasteiger partial charge on any atom is 0.269 e. The minimum Gasteiger partial charge on any atom is -0.326 e. The maximum atomic E-state index is 10.7. The Bertz CT molecular complexity index is 684. The van der Waals surface area contributed by atoms with E-state index in [1.807, 2.05) is 36.1 Å². The molecule has 1 aliphatic rings. The van der Waals surface area contributed by atoms with Crippen LogP contribution in [0, 0.1) is 17.0 Å². The summed E-state index contributed by atoms with van der Waals surface area (Å²) >= 11 is 12.7. The Morgan fingerprint density at radius 3 is 2.19 bits per heavy atom. The zero-order chi connectivity index (χ0) is 15.2. The first kappa shape index (κ1) is 14.2. The van der Waals surface area contributed by atoms with Crippen molar-refractivity contribution in [3.8, 4) is 0 Å². The third-order valence-corrected chi connectivity index (χ3v) is 4.35. The molecule has 1 unspecified atom stereocenters. The van der Waals surface area contributed by atoms with E-state index in [-0.39, 0.29) is 11.7 Å². The predicted molar refractivity (Wildman–Crippen MR) is 83.9 cm³/mol. The highest BCUT2D eigenvalue weighted by Crippen LogP contribution is 2.61. The summed E-state index contributed by atoms with van der Waals surface area (Å²) in [4.78, 5) is 12.1. The molecule has 0 bridgehead atoms. The number of halogens is 2. The normalized spacial score (nSPS) is 19.4. The molecule has 0 amide bonds. The lowest BCUT2D eigenvalue weighted by Gasteiger charge is -2.06. The van der Waals surface area contributed by atoms with Crippen molar-refractivity contribution in [3.63, 3.8) is 0 Å². The van der Waals surface area contributed by atoms with Gasteiger partial charge >= 0.3 is 0 Å². The number of benzene rings is 2. The van der Waals surface area contributed by atoms with Crippen molar-refractivity contribution in [3.05, 3.63) is 69.8 Å². The van der Waals surface area contributed by atoms with Crippen LogP contribution in [0.1, 0.15) is 17.2 Å². The molecule has 0 aromatic heterocycles. The van der Waals surface area contributed by atoms with Crippen LogP contribution < -0.4 is 4.90 Å². The number of hydrogen-bond donors (Lipinski definition) is 0. The smallest absolute Gasteiger partial charge is 0.269 e. The first-order valence-corrected chi connectivity index (χ1v) is 7.15. The van der Waals surface area contributed by atoms with Gasteiger partial charge in [0.15, 0.2) is 0 Å². The van der Waals surface area contributed by atoms with Crippen molar-refractivity contribution in [1.82, 2.24) is 0 Å². The molecule has 0 saturated carbocycles. The molecule has 4 nitrogen and oxygen atoms in total. The monoisotopic (exact) mass is 322 g/mol. The van der Waals surface area contributed by atoms with Gasteiger partial charge in [-0.25, -0.2) is 0 Å². The molecule has 0 radical (unpaired) electrons. The van der Waals surface area contributed by atoms with Crippen LogP contribution in [0.5, 0.6) is 0 Å². The molecule has 1 aliphatic heterocycles. The van der Waals surface area contributed by atoms with Crippen molar-refractivity contribution < 1.29 is 4.92 Å². The maximum absolute atomic E-state index is 10.7. The van der Waals surface area contributed by atoms with Crippen molar-refractivity contribution in [1.29, 1.82) is 0 Å². The minimum absolute atomic E-state index is 0.0519. The zero-order valence-electron chi connectivity index (χ0n) is 11.2. The van der Waals surface area contributed by atoms with Gasteiger partial charge in [0.05, 0.1) is 4.92 Å². The van der Waals surface area contributed by atoms with Gasteiger partial charge in [0.1, 0.15) is 6.04 Å². The Hall–Kier alpha value is -1.78. The fraction of sp³-hybridized carbons (Fsp3) is 0.200. The molecule has 0 N–H and O–H groups in total. The lowest BCUT2D eigenvalue weighted by Crippen LogP contribution is -2.00. The van der Waals surface area contributed by atoms with E-state index in [2.05, 4.69) is 0 Å². The number of hydrogen-bond acceptors (Lipinski definition) is 3. The molecule has 6 heteroatoms. The van der Waals surface area contributed by atoms with Gasteiger partial charge in [0.2, 0.25) is 4.46 Å². The van der Waals surface area contributed by atoms with Gasteiger partial charge in [-0.2, -0.15) is 0 Å². The van der Waals surface area contributed by atoms with Gasteiger partial charge in [-0.3, -0.25) is 10.1 Å². The van der Waals surface area contributed by atoms with E-state index in [1.165, 1.54) is 12.1 Å². The Labute approximate surface area is 132 Å². The summed E-state index contributed by atoms with van der Waals surface area (Å²) in [7, 11) is 0. The first-order valence-electron chi connectivity index (χ1n) is 6.39. The number of rotatable bonds is 3. The van der Waals surface area contributed by atoms with E-state index in [0.29, 0.717) is 0 Å². The summed E-state index contributed by atoms with van der Waals surface area (Å²) in [5.74, 6) is 0. The summed E-state index contributed by atoms with van der Waals surface area (Å²) in [6, 6.07) is 14.0. The van der Waals surface area contributed by atoms with E-state index < -0.39 is 9.38 Å². The zero-order valence-corrected chi connectivity index (χ0v) is 12.7. The lowest BCUT2D eigenvalue weighted by atomic mass is 10.1. The molecule has 2 aromatic rings. The lowest BCUT2D eigenvalue weighted by molar-refractivity contribution is -0.384. The Balaban J connectivity index is 1.89. The molecule has 108 valence electrons. The van der Waals surface area contributed by atoms with Crippen LogP contribution in [0.4, 0.5) is 11.4 Å². The van der Waals surface area contributed by atoms with E-state index in [9.17, 15) is 10.1 Å². The number of non-ortho nitro benzene ring substituents is 1. The second-order valence-electron chi connectivity index (χ2n) is 5.04. The van der Waals surface area contributed by atoms with Gasteiger partial charge in [-0.15, -0.1) is 0 Å². The molecule has 0 aliphatic carbocycles. The average molecular weight is 323 g/mol. The van der Waals surface area contributed by atoms with Gasteiger partial charge < -0.3 is 4.90 Å². The fourth-order valence-electron chi connectivity index (χ4n) is 2.40. The highest BCUT2D eigenvalue weighted by molar-refractivity contribution is 6.53. The third kappa shape index (κ3) is 2.45. The van der Waals surface area contributed by atoms with Crippen LogP contribution in [0.2, 0.25) is 0 Å². The van der Waals surface area contributed by atoms with E-state index in [1.54, 1.807) is 12.1 Å². The second-order valence-corrected chi connectivity index (χ2v) is 6.39. The molecule has 1 saturated heterocycles. The summed E-state index contributed by atoms with van der Waals surface area (Å²) < 4.78 is -1.02. The van der Waals surface area contributed by atoms with Crippen molar-refractivity contribution in [2.75, 3.05) is 4.90 Å². The van der Waals surface area contributed by atoms with E-state index in [0.717, 1.165) is 16.8 Å². The quantitative estimate of drug-likeness (QED) is 0.273. The minimum atomic E-state index is -1.02. The molecular formula is C15H12Cl2N2O2. The van der Waals surface area contributed by atoms with Crippen molar-refractivity contribution in [2.24, 2.45) is 0 Å². The third-order valence-electron chi connectivity index (χ3n) is 3.57. The Morgan fingerprint density at radius 2 is 1.67 bits per heavy atom. The highest BCUT2D eigenvalue weighted by Gasteiger charge is 2.62. The SMILES string of the molecule is Cc1ccc(N2C(c3ccc([N+](=O)[O-])cc3)C2(Cl)Cl)cc1. The number of nitro benzene ring substituents is 1. The second kappa shape index (κ2) is 4.90. The van der Waals surface area contributed by atoms with Crippen molar-refractivity contribution >= 4 is 34.6 Å². The molecule has 3 rings (SSSR count). The van der Waals surface area contributed by atoms with Gasteiger partial charge in [0.25, 0.3) is 5.69 Å². The Kier molecular flexibility index (Phi) is 3.30. The fourth-order valence-corrected chi connectivity index (χ4v) is 3.14. The van der Waals surface area contributed by atoms with Crippen LogP contribution >= 0.6 is 23.2 Å². The summed E-state index contributed by atoms with van der Waals surface area (Å²) in [6.45, 7) is 2.01. The van der Waals surface area contributed by atoms with E-state index in [4.69, 9.17) is 23.2 Å². The first-order chi connectivity index (χ1) is 9.91. The number of alkyl halides is 2. The molecule has 0 spiro atoms. The van der Waals surface area contributed by atoms with Crippen molar-refractivity contribution in [2.45, 2.75) is 17.4 Å². The van der Waals surface area contributed by atoms with Crippen LogP contribution in [-0.4, -0.2) is 9.38 Å².